The second-order valence-corrected chi connectivity index (χ2v) is 5.79. The van der Waals surface area contributed by atoms with Gasteiger partial charge in [0.15, 0.2) is 17.5 Å². The molecule has 2 aromatic carbocycles. The number of guanidine groups is 1. The van der Waals surface area contributed by atoms with Gasteiger partial charge < -0.3 is 20.1 Å². The largest absolute Gasteiger partial charge is 0.490 e. The Morgan fingerprint density at radius 1 is 1.08 bits per heavy atom. The number of halogens is 2. The predicted molar refractivity (Wildman–Crippen MR) is 97.1 cm³/mol. The summed E-state index contributed by atoms with van der Waals surface area (Å²) in [5, 5.41) is 6.18. The van der Waals surface area contributed by atoms with Crippen LogP contribution in [0.25, 0.3) is 0 Å². The molecule has 5 nitrogen and oxygen atoms in total. The summed E-state index contributed by atoms with van der Waals surface area (Å²) in [6.07, 6.45) is 1.05. The normalized spacial score (nSPS) is 13.9. The van der Waals surface area contributed by atoms with Crippen LogP contribution in [0, 0.1) is 11.6 Å². The Labute approximate surface area is 151 Å². The number of ether oxygens (including phenoxy) is 2. The molecule has 1 aliphatic rings. The Hall–Kier alpha value is -2.83. The zero-order chi connectivity index (χ0) is 18.4. The summed E-state index contributed by atoms with van der Waals surface area (Å²) >= 11 is 0. The van der Waals surface area contributed by atoms with Crippen LogP contribution in [0.15, 0.2) is 41.4 Å². The minimum Gasteiger partial charge on any atom is -0.490 e. The second-order valence-electron chi connectivity index (χ2n) is 5.79. The molecular weight excluding hydrogens is 340 g/mol. The molecule has 0 aliphatic carbocycles. The summed E-state index contributed by atoms with van der Waals surface area (Å²) in [5.41, 5.74) is 0.838. The van der Waals surface area contributed by atoms with Gasteiger partial charge in [-0.3, -0.25) is 4.99 Å². The van der Waals surface area contributed by atoms with E-state index in [0.29, 0.717) is 37.2 Å². The van der Waals surface area contributed by atoms with Crippen molar-refractivity contribution in [2.24, 2.45) is 4.99 Å². The van der Waals surface area contributed by atoms with Gasteiger partial charge >= 0.3 is 0 Å². The molecule has 0 bridgehead atoms. The van der Waals surface area contributed by atoms with Gasteiger partial charge in [0.25, 0.3) is 0 Å². The third kappa shape index (κ3) is 4.41. The zero-order valence-electron chi connectivity index (χ0n) is 14.5. The molecule has 0 aromatic heterocycles. The van der Waals surface area contributed by atoms with E-state index in [1.165, 1.54) is 18.2 Å². The Balaban J connectivity index is 1.59. The van der Waals surface area contributed by atoms with Gasteiger partial charge in [-0.2, -0.15) is 0 Å². The maximum atomic E-state index is 13.7. The lowest BCUT2D eigenvalue weighted by molar-refractivity contribution is 0.297. The van der Waals surface area contributed by atoms with Crippen molar-refractivity contribution in [3.63, 3.8) is 0 Å². The van der Waals surface area contributed by atoms with Crippen LogP contribution in [0.1, 0.15) is 12.0 Å². The van der Waals surface area contributed by atoms with Crippen molar-refractivity contribution in [1.82, 2.24) is 5.32 Å². The first kappa shape index (κ1) is 18.0. The van der Waals surface area contributed by atoms with Crippen LogP contribution >= 0.6 is 0 Å². The van der Waals surface area contributed by atoms with E-state index in [4.69, 9.17) is 9.47 Å². The van der Waals surface area contributed by atoms with Crippen molar-refractivity contribution in [3.8, 4) is 11.5 Å². The van der Waals surface area contributed by atoms with Crippen molar-refractivity contribution in [2.45, 2.75) is 12.8 Å². The number of nitrogens with one attached hydrogen (secondary N) is 2. The SMILES string of the molecule is CN=C(NCCc1c(F)cccc1F)Nc1ccc2c(c1)OCCCO2. The number of hydrogen-bond donors (Lipinski definition) is 2. The molecule has 26 heavy (non-hydrogen) atoms. The molecule has 7 heteroatoms. The lowest BCUT2D eigenvalue weighted by atomic mass is 10.1. The number of anilines is 1. The van der Waals surface area contributed by atoms with Crippen LogP contribution in [0.5, 0.6) is 11.5 Å². The Morgan fingerprint density at radius 2 is 1.81 bits per heavy atom. The molecule has 0 saturated carbocycles. The minimum absolute atomic E-state index is 0.0611. The van der Waals surface area contributed by atoms with Gasteiger partial charge in [-0.1, -0.05) is 6.07 Å². The summed E-state index contributed by atoms with van der Waals surface area (Å²) in [6, 6.07) is 9.39. The number of hydrogen-bond acceptors (Lipinski definition) is 3. The molecule has 2 aromatic rings. The monoisotopic (exact) mass is 361 g/mol. The summed E-state index contributed by atoms with van der Waals surface area (Å²) in [5.74, 6) is 0.800. The van der Waals surface area contributed by atoms with Crippen LogP contribution in [0.2, 0.25) is 0 Å². The molecule has 0 unspecified atom stereocenters. The van der Waals surface area contributed by atoms with Crippen molar-refractivity contribution in [1.29, 1.82) is 0 Å². The van der Waals surface area contributed by atoms with E-state index in [1.54, 1.807) is 7.05 Å². The summed E-state index contributed by atoms with van der Waals surface area (Å²) in [4.78, 5) is 4.12. The van der Waals surface area contributed by atoms with E-state index in [1.807, 2.05) is 18.2 Å². The lowest BCUT2D eigenvalue weighted by Crippen LogP contribution is -2.32. The van der Waals surface area contributed by atoms with E-state index in [9.17, 15) is 8.78 Å². The number of nitrogens with zero attached hydrogens (tertiary/aromatic N) is 1. The number of fused-ring (bicyclic) bond motifs is 1. The first-order valence-electron chi connectivity index (χ1n) is 8.47. The Bertz CT molecular complexity index is 776. The van der Waals surface area contributed by atoms with E-state index in [-0.39, 0.29) is 12.0 Å². The molecule has 0 spiro atoms. The molecule has 0 saturated heterocycles. The summed E-state index contributed by atoms with van der Waals surface area (Å²) in [6.45, 7) is 1.58. The van der Waals surface area contributed by atoms with Crippen LogP contribution in [0.4, 0.5) is 14.5 Å². The standard InChI is InChI=1S/C19H21F2N3O2/c1-22-19(23-9-8-14-15(20)4-2-5-16(14)21)24-13-6-7-17-18(12-13)26-11-3-10-25-17/h2,4-7,12H,3,8-11H2,1H3,(H2,22,23,24). The average molecular weight is 361 g/mol. The highest BCUT2D eigenvalue weighted by Crippen LogP contribution is 2.32. The van der Waals surface area contributed by atoms with Crippen LogP contribution < -0.4 is 20.1 Å². The molecule has 3 rings (SSSR count). The highest BCUT2D eigenvalue weighted by molar-refractivity contribution is 5.93. The zero-order valence-corrected chi connectivity index (χ0v) is 14.5. The number of benzene rings is 2. The molecule has 1 aliphatic heterocycles. The maximum absolute atomic E-state index is 13.7. The molecular formula is C19H21F2N3O2. The highest BCUT2D eigenvalue weighted by atomic mass is 19.1. The number of aliphatic imine (C=N–C) groups is 1. The first-order chi connectivity index (χ1) is 12.7. The quantitative estimate of drug-likeness (QED) is 0.648. The maximum Gasteiger partial charge on any atom is 0.195 e. The molecule has 0 radical (unpaired) electrons. The van der Waals surface area contributed by atoms with Crippen molar-refractivity contribution >= 4 is 11.6 Å². The predicted octanol–water partition coefficient (Wildman–Crippen LogP) is 3.36. The van der Waals surface area contributed by atoms with Gasteiger partial charge in [0.2, 0.25) is 0 Å². The third-order valence-electron chi connectivity index (χ3n) is 3.96. The van der Waals surface area contributed by atoms with Crippen LogP contribution in [-0.4, -0.2) is 32.8 Å². The van der Waals surface area contributed by atoms with Crippen molar-refractivity contribution < 1.29 is 18.3 Å². The smallest absolute Gasteiger partial charge is 0.195 e. The van der Waals surface area contributed by atoms with Crippen LogP contribution in [-0.2, 0) is 6.42 Å². The fraction of sp³-hybridized carbons (Fsp3) is 0.316. The summed E-state index contributed by atoms with van der Waals surface area (Å²) in [7, 11) is 1.63. The molecule has 0 atom stereocenters. The number of rotatable bonds is 4. The van der Waals surface area contributed by atoms with Gasteiger partial charge in [0, 0.05) is 37.3 Å². The molecule has 0 fully saturated rings. The van der Waals surface area contributed by atoms with Crippen molar-refractivity contribution in [3.05, 3.63) is 53.6 Å². The topological polar surface area (TPSA) is 54.9 Å². The molecule has 138 valence electrons. The minimum atomic E-state index is -0.544. The average Bonchev–Trinajstić information content (AvgIpc) is 2.88. The fourth-order valence-electron chi connectivity index (χ4n) is 2.63. The van der Waals surface area contributed by atoms with Gasteiger partial charge in [-0.25, -0.2) is 8.78 Å². The Morgan fingerprint density at radius 3 is 2.54 bits per heavy atom. The van der Waals surface area contributed by atoms with Crippen LogP contribution in [0.3, 0.4) is 0 Å². The van der Waals surface area contributed by atoms with Gasteiger partial charge in [0.05, 0.1) is 13.2 Å². The molecule has 0 amide bonds. The van der Waals surface area contributed by atoms with E-state index in [2.05, 4.69) is 15.6 Å². The lowest BCUT2D eigenvalue weighted by Gasteiger charge is -2.14. The van der Waals surface area contributed by atoms with E-state index in [0.717, 1.165) is 12.1 Å². The van der Waals surface area contributed by atoms with Gasteiger partial charge in [0.1, 0.15) is 11.6 Å². The van der Waals surface area contributed by atoms with Gasteiger partial charge in [-0.05, 0) is 30.7 Å². The first-order valence-corrected chi connectivity index (χ1v) is 8.47. The van der Waals surface area contributed by atoms with Gasteiger partial charge in [-0.15, -0.1) is 0 Å². The fourth-order valence-corrected chi connectivity index (χ4v) is 2.63. The second kappa shape index (κ2) is 8.51. The van der Waals surface area contributed by atoms with Crippen molar-refractivity contribution in [2.75, 3.05) is 32.1 Å². The molecule has 1 heterocycles. The summed E-state index contributed by atoms with van der Waals surface area (Å²) < 4.78 is 38.6. The van der Waals surface area contributed by atoms with E-state index < -0.39 is 11.6 Å². The molecule has 2 N–H and O–H groups in total. The third-order valence-corrected chi connectivity index (χ3v) is 3.96. The van der Waals surface area contributed by atoms with E-state index >= 15 is 0 Å². The highest BCUT2D eigenvalue weighted by Gasteiger charge is 2.12. The Kier molecular flexibility index (Phi) is 5.88.